The van der Waals surface area contributed by atoms with Crippen LogP contribution in [-0.4, -0.2) is 14.8 Å². The lowest BCUT2D eigenvalue weighted by Crippen LogP contribution is -2.18. The predicted octanol–water partition coefficient (Wildman–Crippen LogP) is 1.08. The number of nitrogens with zero attached hydrogens (tertiary/aromatic N) is 2. The van der Waals surface area contributed by atoms with Gasteiger partial charge >= 0.3 is 11.9 Å². The molecule has 13 heavy (non-hydrogen) atoms. The van der Waals surface area contributed by atoms with E-state index < -0.39 is 17.7 Å². The molecule has 7 heteroatoms. The predicted molar refractivity (Wildman–Crippen MR) is 38.9 cm³/mol. The Bertz CT molecular complexity index is 373. The van der Waals surface area contributed by atoms with E-state index in [1.807, 2.05) is 0 Å². The van der Waals surface area contributed by atoms with Crippen LogP contribution in [0.3, 0.4) is 0 Å². The summed E-state index contributed by atoms with van der Waals surface area (Å²) >= 11 is 0. The SMILES string of the molecule is CC=Cn1c(C(F)(F)F)n[nH]c1=O. The van der Waals surface area contributed by atoms with Crippen molar-refractivity contribution in [1.29, 1.82) is 0 Å². The summed E-state index contributed by atoms with van der Waals surface area (Å²) in [5.41, 5.74) is -0.912. The van der Waals surface area contributed by atoms with Crippen LogP contribution in [0, 0.1) is 0 Å². The van der Waals surface area contributed by atoms with Crippen molar-refractivity contribution in [1.82, 2.24) is 14.8 Å². The lowest BCUT2D eigenvalue weighted by molar-refractivity contribution is -0.146. The van der Waals surface area contributed by atoms with Gasteiger partial charge in [0.2, 0.25) is 5.82 Å². The Morgan fingerprint density at radius 2 is 2.15 bits per heavy atom. The molecule has 1 aromatic heterocycles. The number of rotatable bonds is 1. The van der Waals surface area contributed by atoms with E-state index in [0.29, 0.717) is 4.57 Å². The molecule has 0 aromatic carbocycles. The molecule has 72 valence electrons. The van der Waals surface area contributed by atoms with Crippen molar-refractivity contribution in [3.63, 3.8) is 0 Å². The van der Waals surface area contributed by atoms with Gasteiger partial charge in [0.05, 0.1) is 0 Å². The summed E-state index contributed by atoms with van der Waals surface area (Å²) in [5, 5.41) is 4.57. The Morgan fingerprint density at radius 1 is 1.54 bits per heavy atom. The van der Waals surface area contributed by atoms with Gasteiger partial charge in [-0.15, -0.1) is 5.10 Å². The maximum absolute atomic E-state index is 12.1. The summed E-state index contributed by atoms with van der Waals surface area (Å²) in [6.45, 7) is 1.50. The van der Waals surface area contributed by atoms with Gasteiger partial charge in [-0.2, -0.15) is 13.2 Å². The average Bonchev–Trinajstić information content (AvgIpc) is 2.32. The molecule has 1 heterocycles. The molecule has 4 nitrogen and oxygen atoms in total. The molecule has 0 bridgehead atoms. The molecule has 0 radical (unpaired) electrons. The van der Waals surface area contributed by atoms with Crippen LogP contribution in [-0.2, 0) is 6.18 Å². The van der Waals surface area contributed by atoms with Gasteiger partial charge in [0.1, 0.15) is 0 Å². The first-order chi connectivity index (χ1) is 5.96. The number of halogens is 3. The molecule has 1 aromatic rings. The topological polar surface area (TPSA) is 50.7 Å². The smallest absolute Gasteiger partial charge is 0.247 e. The summed E-state index contributed by atoms with van der Waals surface area (Å²) < 4.78 is 36.7. The quantitative estimate of drug-likeness (QED) is 0.725. The summed E-state index contributed by atoms with van der Waals surface area (Å²) in [7, 11) is 0. The van der Waals surface area contributed by atoms with Gasteiger partial charge in [0.25, 0.3) is 0 Å². The highest BCUT2D eigenvalue weighted by molar-refractivity contribution is 5.23. The molecular formula is C6H6F3N3O. The Labute approximate surface area is 70.7 Å². The first kappa shape index (κ1) is 9.56. The number of hydrogen-bond acceptors (Lipinski definition) is 2. The second kappa shape index (κ2) is 3.08. The third-order valence-corrected chi connectivity index (χ3v) is 1.26. The van der Waals surface area contributed by atoms with E-state index in [-0.39, 0.29) is 0 Å². The highest BCUT2D eigenvalue weighted by atomic mass is 19.4. The van der Waals surface area contributed by atoms with E-state index in [2.05, 4.69) is 5.10 Å². The molecule has 1 N–H and O–H groups in total. The first-order valence-electron chi connectivity index (χ1n) is 3.33. The van der Waals surface area contributed by atoms with Crippen molar-refractivity contribution in [2.75, 3.05) is 0 Å². The Hall–Kier alpha value is -1.53. The highest BCUT2D eigenvalue weighted by Gasteiger charge is 2.37. The van der Waals surface area contributed by atoms with E-state index >= 15 is 0 Å². The van der Waals surface area contributed by atoms with Crippen LogP contribution in [0.5, 0.6) is 0 Å². The molecule has 0 aliphatic heterocycles. The standard InChI is InChI=1S/C6H6F3N3O/c1-2-3-12-4(6(7,8)9)10-11-5(12)13/h2-3H,1H3,(H,11,13). The molecule has 0 unspecified atom stereocenters. The van der Waals surface area contributed by atoms with Crippen molar-refractivity contribution in [3.05, 3.63) is 22.4 Å². The zero-order valence-corrected chi connectivity index (χ0v) is 6.59. The van der Waals surface area contributed by atoms with Crippen LogP contribution in [0.2, 0.25) is 0 Å². The second-order valence-electron chi connectivity index (χ2n) is 2.20. The van der Waals surface area contributed by atoms with Crippen molar-refractivity contribution in [2.45, 2.75) is 13.1 Å². The normalized spacial score (nSPS) is 12.6. The van der Waals surface area contributed by atoms with Gasteiger partial charge < -0.3 is 0 Å². The Morgan fingerprint density at radius 3 is 2.62 bits per heavy atom. The van der Waals surface area contributed by atoms with Crippen molar-refractivity contribution in [3.8, 4) is 0 Å². The fourth-order valence-electron chi connectivity index (χ4n) is 0.792. The molecule has 0 spiro atoms. The van der Waals surface area contributed by atoms with Crippen molar-refractivity contribution >= 4 is 6.20 Å². The van der Waals surface area contributed by atoms with E-state index in [4.69, 9.17) is 0 Å². The van der Waals surface area contributed by atoms with Gasteiger partial charge in [0, 0.05) is 6.20 Å². The second-order valence-corrected chi connectivity index (χ2v) is 2.20. The van der Waals surface area contributed by atoms with Crippen LogP contribution in [0.1, 0.15) is 12.7 Å². The van der Waals surface area contributed by atoms with Crippen molar-refractivity contribution < 1.29 is 13.2 Å². The minimum atomic E-state index is -4.63. The van der Waals surface area contributed by atoms with Gasteiger partial charge in [-0.1, -0.05) is 6.08 Å². The minimum Gasteiger partial charge on any atom is -0.247 e. The van der Waals surface area contributed by atoms with Gasteiger partial charge in [-0.05, 0) is 6.92 Å². The van der Waals surface area contributed by atoms with E-state index in [1.54, 1.807) is 5.10 Å². The third kappa shape index (κ3) is 1.79. The molecule has 1 rings (SSSR count). The maximum Gasteiger partial charge on any atom is 0.452 e. The van der Waals surface area contributed by atoms with Gasteiger partial charge in [-0.25, -0.2) is 14.5 Å². The van der Waals surface area contributed by atoms with Crippen LogP contribution >= 0.6 is 0 Å². The lowest BCUT2D eigenvalue weighted by Gasteiger charge is -2.03. The first-order valence-corrected chi connectivity index (χ1v) is 3.33. The number of H-pyrrole nitrogens is 1. The third-order valence-electron chi connectivity index (χ3n) is 1.26. The lowest BCUT2D eigenvalue weighted by atomic mass is 10.5. The van der Waals surface area contributed by atoms with E-state index in [0.717, 1.165) is 6.20 Å². The number of aromatic amines is 1. The van der Waals surface area contributed by atoms with Crippen LogP contribution in [0.15, 0.2) is 10.9 Å². The number of alkyl halides is 3. The zero-order valence-electron chi connectivity index (χ0n) is 6.59. The van der Waals surface area contributed by atoms with Crippen LogP contribution in [0.4, 0.5) is 13.2 Å². The number of nitrogens with one attached hydrogen (secondary N) is 1. The highest BCUT2D eigenvalue weighted by Crippen LogP contribution is 2.26. The molecule has 0 saturated heterocycles. The minimum absolute atomic E-state index is 0.403. The number of aromatic nitrogens is 3. The fraction of sp³-hybridized carbons (Fsp3) is 0.333. The van der Waals surface area contributed by atoms with E-state index in [9.17, 15) is 18.0 Å². The van der Waals surface area contributed by atoms with Gasteiger partial charge in [0.15, 0.2) is 0 Å². The van der Waals surface area contributed by atoms with Crippen LogP contribution < -0.4 is 5.69 Å². The number of hydrogen-bond donors (Lipinski definition) is 1. The molecule has 0 amide bonds. The molecule has 0 fully saturated rings. The fourth-order valence-corrected chi connectivity index (χ4v) is 0.792. The van der Waals surface area contributed by atoms with Crippen LogP contribution in [0.25, 0.3) is 6.20 Å². The zero-order chi connectivity index (χ0) is 10.1. The largest absolute Gasteiger partial charge is 0.452 e. The maximum atomic E-state index is 12.1. The summed E-state index contributed by atoms with van der Waals surface area (Å²) in [5.74, 6) is -1.25. The summed E-state index contributed by atoms with van der Waals surface area (Å²) in [6.07, 6.45) is -2.32. The van der Waals surface area contributed by atoms with Gasteiger partial charge in [-0.3, -0.25) is 0 Å². The Balaban J connectivity index is 3.31. The number of allylic oxidation sites excluding steroid dienone is 1. The van der Waals surface area contributed by atoms with Crippen molar-refractivity contribution in [2.24, 2.45) is 0 Å². The average molecular weight is 193 g/mol. The molecule has 0 aliphatic rings. The monoisotopic (exact) mass is 193 g/mol. The summed E-state index contributed by atoms with van der Waals surface area (Å²) in [4.78, 5) is 10.8. The van der Waals surface area contributed by atoms with E-state index in [1.165, 1.54) is 13.0 Å². The molecule has 0 atom stereocenters. The molecular weight excluding hydrogens is 187 g/mol. The Kier molecular flexibility index (Phi) is 2.26. The summed E-state index contributed by atoms with van der Waals surface area (Å²) in [6, 6.07) is 0. The molecule has 0 aliphatic carbocycles. The molecule has 0 saturated carbocycles.